The normalized spacial score (nSPS) is 12.5. The van der Waals surface area contributed by atoms with Crippen molar-refractivity contribution >= 4 is 30.1 Å². The molecule has 0 unspecified atom stereocenters. The molecule has 0 saturated heterocycles. The lowest BCUT2D eigenvalue weighted by molar-refractivity contribution is -0.142. The van der Waals surface area contributed by atoms with E-state index in [2.05, 4.69) is 4.74 Å². The van der Waals surface area contributed by atoms with Crippen LogP contribution < -0.4 is 5.73 Å². The van der Waals surface area contributed by atoms with Gasteiger partial charge in [0.2, 0.25) is 0 Å². The topological polar surface area (TPSA) is 52.3 Å². The van der Waals surface area contributed by atoms with E-state index in [-0.39, 0.29) is 34.6 Å². The minimum absolute atomic E-state index is 0. The van der Waals surface area contributed by atoms with Gasteiger partial charge in [-0.1, -0.05) is 18.2 Å². The van der Waals surface area contributed by atoms with Crippen LogP contribution in [0, 0.1) is 0 Å². The number of ether oxygens (including phenoxy) is 1. The highest BCUT2D eigenvalue weighted by molar-refractivity contribution is 8.00. The summed E-state index contributed by atoms with van der Waals surface area (Å²) in [6.45, 7) is 0. The Morgan fingerprint density at radius 2 is 1.94 bits per heavy atom. The van der Waals surface area contributed by atoms with Gasteiger partial charge in [0.1, 0.15) is 6.04 Å². The highest BCUT2D eigenvalue weighted by Gasteiger charge is 2.32. The van der Waals surface area contributed by atoms with E-state index in [1.165, 1.54) is 24.3 Å². The van der Waals surface area contributed by atoms with E-state index in [1.54, 1.807) is 0 Å². The van der Waals surface area contributed by atoms with Gasteiger partial charge in [-0.15, -0.1) is 12.4 Å². The maximum atomic E-state index is 12.3. The molecule has 1 aromatic carbocycles. The molecule has 0 radical (unpaired) electrons. The maximum absolute atomic E-state index is 12.3. The highest BCUT2D eigenvalue weighted by atomic mass is 35.5. The summed E-state index contributed by atoms with van der Waals surface area (Å²) in [7, 11) is 1.13. The number of nitrogens with two attached hydrogens (primary N) is 1. The molecule has 1 atom stereocenters. The van der Waals surface area contributed by atoms with E-state index in [0.29, 0.717) is 0 Å². The van der Waals surface area contributed by atoms with Crippen LogP contribution in [0.15, 0.2) is 29.2 Å². The minimum atomic E-state index is -4.42. The lowest BCUT2D eigenvalue weighted by atomic mass is 10.1. The summed E-state index contributed by atoms with van der Waals surface area (Å²) in [6.07, 6.45) is 0. The van der Waals surface area contributed by atoms with Crippen LogP contribution in [0.5, 0.6) is 0 Å². The number of carbonyl (C=O) groups excluding carboxylic acids is 1. The molecule has 0 aliphatic rings. The van der Waals surface area contributed by atoms with Gasteiger partial charge < -0.3 is 10.5 Å². The Morgan fingerprint density at radius 3 is 2.44 bits per heavy atom. The second kappa shape index (κ2) is 6.86. The minimum Gasteiger partial charge on any atom is -0.468 e. The number of benzene rings is 1. The van der Waals surface area contributed by atoms with Crippen molar-refractivity contribution in [2.24, 2.45) is 5.73 Å². The van der Waals surface area contributed by atoms with Crippen LogP contribution >= 0.6 is 24.2 Å². The van der Waals surface area contributed by atoms with Gasteiger partial charge in [0, 0.05) is 4.90 Å². The summed E-state index contributed by atoms with van der Waals surface area (Å²) < 4.78 is 41.2. The van der Waals surface area contributed by atoms with Crippen molar-refractivity contribution in [1.82, 2.24) is 0 Å². The first-order valence-electron chi connectivity index (χ1n) is 4.53. The second-order valence-corrected chi connectivity index (χ2v) is 4.19. The molecule has 1 rings (SSSR count). The molecule has 3 nitrogen and oxygen atoms in total. The Labute approximate surface area is 112 Å². The predicted molar refractivity (Wildman–Crippen MR) is 64.5 cm³/mol. The summed E-state index contributed by atoms with van der Waals surface area (Å²) in [5.74, 6) is -0.778. The number of hydrogen-bond donors (Lipinski definition) is 1. The van der Waals surface area contributed by atoms with E-state index >= 15 is 0 Å². The van der Waals surface area contributed by atoms with Crippen molar-refractivity contribution < 1.29 is 22.7 Å². The molecule has 0 bridgehead atoms. The summed E-state index contributed by atoms with van der Waals surface area (Å²) in [6, 6.07) is 4.37. The number of thioether (sulfide) groups is 1. The molecule has 2 N–H and O–H groups in total. The van der Waals surface area contributed by atoms with Crippen molar-refractivity contribution in [3.8, 4) is 0 Å². The summed E-state index contributed by atoms with van der Waals surface area (Å²) in [4.78, 5) is 11.1. The molecule has 0 saturated carbocycles. The van der Waals surface area contributed by atoms with Gasteiger partial charge in [-0.05, 0) is 23.4 Å². The summed E-state index contributed by atoms with van der Waals surface area (Å²) in [5.41, 5.74) is 1.19. The van der Waals surface area contributed by atoms with Gasteiger partial charge in [0.05, 0.1) is 7.11 Å². The molecule has 0 heterocycles. The zero-order valence-electron chi connectivity index (χ0n) is 9.23. The standard InChI is InChI=1S/C10H10F3NO2S.ClH/c1-16-9(15)8(14)6-4-2-3-5-7(6)17-10(11,12)13;/h2-5,8H,14H2,1H3;1H/t8-;/m0./s1. The van der Waals surface area contributed by atoms with Gasteiger partial charge in [0.25, 0.3) is 0 Å². The zero-order valence-corrected chi connectivity index (χ0v) is 10.9. The van der Waals surface area contributed by atoms with Crippen LogP contribution in [0.2, 0.25) is 0 Å². The molecule has 8 heteroatoms. The fraction of sp³-hybridized carbons (Fsp3) is 0.300. The molecule has 1 aromatic rings. The van der Waals surface area contributed by atoms with Crippen molar-refractivity contribution in [1.29, 1.82) is 0 Å². The fourth-order valence-corrected chi connectivity index (χ4v) is 1.92. The first-order chi connectivity index (χ1) is 7.85. The molecule has 18 heavy (non-hydrogen) atoms. The third kappa shape index (κ3) is 4.75. The lowest BCUT2D eigenvalue weighted by Crippen LogP contribution is -2.23. The van der Waals surface area contributed by atoms with Crippen LogP contribution in [0.3, 0.4) is 0 Å². The molecular weight excluding hydrogens is 291 g/mol. The van der Waals surface area contributed by atoms with Gasteiger partial charge in [-0.2, -0.15) is 13.2 Å². The molecule has 102 valence electrons. The van der Waals surface area contributed by atoms with Gasteiger partial charge in [-0.3, -0.25) is 4.79 Å². The smallest absolute Gasteiger partial charge is 0.446 e. The van der Waals surface area contributed by atoms with E-state index in [0.717, 1.165) is 7.11 Å². The van der Waals surface area contributed by atoms with E-state index in [4.69, 9.17) is 5.73 Å². The van der Waals surface area contributed by atoms with Crippen LogP contribution in [-0.4, -0.2) is 18.6 Å². The Balaban J connectivity index is 0.00000289. The van der Waals surface area contributed by atoms with Crippen molar-refractivity contribution in [2.75, 3.05) is 7.11 Å². The highest BCUT2D eigenvalue weighted by Crippen LogP contribution is 2.39. The largest absolute Gasteiger partial charge is 0.468 e. The average molecular weight is 302 g/mol. The molecule has 0 spiro atoms. The number of rotatable bonds is 3. The number of esters is 1. The molecule has 0 fully saturated rings. The van der Waals surface area contributed by atoms with Gasteiger partial charge in [0.15, 0.2) is 0 Å². The van der Waals surface area contributed by atoms with E-state index in [9.17, 15) is 18.0 Å². The monoisotopic (exact) mass is 301 g/mol. The fourth-order valence-electron chi connectivity index (χ4n) is 1.21. The third-order valence-corrected chi connectivity index (χ3v) is 2.76. The zero-order chi connectivity index (χ0) is 13.1. The number of carbonyl (C=O) groups is 1. The molecule has 0 aliphatic carbocycles. The first kappa shape index (κ1) is 17.1. The van der Waals surface area contributed by atoms with E-state index in [1.807, 2.05) is 0 Å². The predicted octanol–water partition coefficient (Wildman–Crippen LogP) is 2.89. The van der Waals surface area contributed by atoms with Gasteiger partial charge >= 0.3 is 11.5 Å². The van der Waals surface area contributed by atoms with Crippen LogP contribution in [0.25, 0.3) is 0 Å². The Morgan fingerprint density at radius 1 is 1.39 bits per heavy atom. The molecular formula is C10H11ClF3NO2S. The van der Waals surface area contributed by atoms with Crippen molar-refractivity contribution in [2.45, 2.75) is 16.4 Å². The van der Waals surface area contributed by atoms with E-state index < -0.39 is 17.5 Å². The second-order valence-electron chi connectivity index (χ2n) is 3.09. The Bertz CT molecular complexity index is 414. The first-order valence-corrected chi connectivity index (χ1v) is 5.35. The maximum Gasteiger partial charge on any atom is 0.446 e. The van der Waals surface area contributed by atoms with Crippen molar-refractivity contribution in [3.05, 3.63) is 29.8 Å². The number of halogens is 4. The van der Waals surface area contributed by atoms with Crippen LogP contribution in [-0.2, 0) is 9.53 Å². The number of methoxy groups -OCH3 is 1. The Kier molecular flexibility index (Phi) is 6.51. The molecule has 0 aliphatic heterocycles. The molecule has 0 amide bonds. The average Bonchev–Trinajstić information content (AvgIpc) is 2.25. The quantitative estimate of drug-likeness (QED) is 0.689. The number of hydrogen-bond acceptors (Lipinski definition) is 4. The molecule has 0 aromatic heterocycles. The summed E-state index contributed by atoms with van der Waals surface area (Å²) in [5, 5.41) is 0. The van der Waals surface area contributed by atoms with Crippen LogP contribution in [0.4, 0.5) is 13.2 Å². The van der Waals surface area contributed by atoms with Crippen LogP contribution in [0.1, 0.15) is 11.6 Å². The number of alkyl halides is 3. The summed E-state index contributed by atoms with van der Waals surface area (Å²) >= 11 is -0.304. The van der Waals surface area contributed by atoms with Gasteiger partial charge in [-0.25, -0.2) is 0 Å². The third-order valence-electron chi connectivity index (χ3n) is 1.93. The SMILES string of the molecule is COC(=O)[C@@H](N)c1ccccc1SC(F)(F)F.Cl. The van der Waals surface area contributed by atoms with Crippen molar-refractivity contribution in [3.63, 3.8) is 0 Å². The lowest BCUT2D eigenvalue weighted by Gasteiger charge is -2.14. The Hall–Kier alpha value is -0.920.